The van der Waals surface area contributed by atoms with Gasteiger partial charge in [0, 0.05) is 5.39 Å². The lowest BCUT2D eigenvalue weighted by Crippen LogP contribution is -1.86. The van der Waals surface area contributed by atoms with Crippen LogP contribution in [0.4, 0.5) is 0 Å². The Balaban J connectivity index is 1.69. The van der Waals surface area contributed by atoms with E-state index in [0.29, 0.717) is 11.1 Å². The van der Waals surface area contributed by atoms with Crippen LogP contribution in [0.1, 0.15) is 0 Å². The smallest absolute Gasteiger partial charge is 0.283 e. The Labute approximate surface area is 128 Å². The summed E-state index contributed by atoms with van der Waals surface area (Å²) in [5, 5.41) is 12.4. The van der Waals surface area contributed by atoms with Crippen molar-refractivity contribution in [2.75, 3.05) is 0 Å². The van der Waals surface area contributed by atoms with Crippen LogP contribution in [0, 0.1) is 0 Å². The summed E-state index contributed by atoms with van der Waals surface area (Å²) in [7, 11) is 0. The van der Waals surface area contributed by atoms with Crippen molar-refractivity contribution in [3.63, 3.8) is 0 Å². The normalized spacial score (nSPS) is 11.0. The highest BCUT2D eigenvalue weighted by Crippen LogP contribution is 2.32. The first kappa shape index (κ1) is 12.5. The fourth-order valence-electron chi connectivity index (χ4n) is 1.89. The molecule has 4 rings (SSSR count). The molecular formula is C14H8N4OS2. The lowest BCUT2D eigenvalue weighted by atomic mass is 10.2. The maximum Gasteiger partial charge on any atom is 0.283 e. The number of hydrogen-bond donors (Lipinski definition) is 0. The van der Waals surface area contributed by atoms with Gasteiger partial charge in [-0.2, -0.15) is 0 Å². The van der Waals surface area contributed by atoms with Gasteiger partial charge < -0.3 is 4.42 Å². The zero-order valence-corrected chi connectivity index (χ0v) is 12.3. The maximum absolute atomic E-state index is 5.67. The van der Waals surface area contributed by atoms with Crippen LogP contribution in [-0.4, -0.2) is 20.2 Å². The van der Waals surface area contributed by atoms with Gasteiger partial charge in [0.2, 0.25) is 0 Å². The van der Waals surface area contributed by atoms with E-state index < -0.39 is 0 Å². The van der Waals surface area contributed by atoms with Gasteiger partial charge in [-0.1, -0.05) is 24.3 Å². The van der Waals surface area contributed by atoms with Gasteiger partial charge in [0.25, 0.3) is 11.1 Å². The molecule has 0 amide bonds. The van der Waals surface area contributed by atoms with Crippen LogP contribution in [0.3, 0.4) is 0 Å². The van der Waals surface area contributed by atoms with Crippen molar-refractivity contribution in [2.24, 2.45) is 0 Å². The Morgan fingerprint density at radius 1 is 1.00 bits per heavy atom. The van der Waals surface area contributed by atoms with Crippen molar-refractivity contribution < 1.29 is 4.42 Å². The van der Waals surface area contributed by atoms with E-state index in [1.165, 1.54) is 11.8 Å². The summed E-state index contributed by atoms with van der Waals surface area (Å²) >= 11 is 2.92. The Morgan fingerprint density at radius 3 is 2.86 bits per heavy atom. The Kier molecular flexibility index (Phi) is 3.13. The minimum absolute atomic E-state index is 0.474. The van der Waals surface area contributed by atoms with E-state index in [-0.39, 0.29) is 0 Å². The summed E-state index contributed by atoms with van der Waals surface area (Å²) in [4.78, 5) is 9.50. The quantitative estimate of drug-likeness (QED) is 0.535. The second-order valence-electron chi connectivity index (χ2n) is 4.15. The third-order valence-electron chi connectivity index (χ3n) is 2.83. The Bertz CT molecular complexity index is 884. The maximum atomic E-state index is 5.67. The van der Waals surface area contributed by atoms with E-state index in [9.17, 15) is 0 Å². The van der Waals surface area contributed by atoms with Crippen molar-refractivity contribution in [2.45, 2.75) is 10.2 Å². The first-order chi connectivity index (χ1) is 10.4. The largest absolute Gasteiger partial charge is 0.410 e. The summed E-state index contributed by atoms with van der Waals surface area (Å²) in [6.45, 7) is 0. The molecule has 0 unspecified atom stereocenters. The first-order valence-electron chi connectivity index (χ1n) is 6.15. The first-order valence-corrected chi connectivity index (χ1v) is 7.85. The highest BCUT2D eigenvalue weighted by atomic mass is 32.2. The highest BCUT2D eigenvalue weighted by molar-refractivity contribution is 7.99. The lowest BCUT2D eigenvalue weighted by Gasteiger charge is -2.00. The molecule has 1 aromatic carbocycles. The molecule has 4 aromatic rings. The van der Waals surface area contributed by atoms with E-state index in [1.54, 1.807) is 17.7 Å². The number of rotatable bonds is 3. The molecule has 21 heavy (non-hydrogen) atoms. The van der Waals surface area contributed by atoms with E-state index in [2.05, 4.69) is 20.2 Å². The van der Waals surface area contributed by atoms with Crippen LogP contribution in [-0.2, 0) is 0 Å². The Hall–Kier alpha value is -2.25. The number of benzene rings is 1. The molecule has 7 heteroatoms. The number of fused-ring (bicyclic) bond motifs is 1. The zero-order valence-electron chi connectivity index (χ0n) is 10.6. The molecule has 3 heterocycles. The van der Waals surface area contributed by atoms with Gasteiger partial charge in [0.1, 0.15) is 11.4 Å². The third kappa shape index (κ3) is 2.41. The van der Waals surface area contributed by atoms with Crippen LogP contribution in [0.25, 0.3) is 21.7 Å². The molecule has 102 valence electrons. The number of thiophene rings is 1. The van der Waals surface area contributed by atoms with Gasteiger partial charge in [0.15, 0.2) is 0 Å². The summed E-state index contributed by atoms with van der Waals surface area (Å²) in [5.41, 5.74) is 0.896. The van der Waals surface area contributed by atoms with E-state index in [4.69, 9.17) is 4.42 Å². The molecule has 0 fully saturated rings. The molecule has 0 N–H and O–H groups in total. The second kappa shape index (κ2) is 5.27. The standard InChI is InChI=1S/C14H8N4OS2/c1-2-5-10-9(4-1)13(16-8-15-10)21-14-18-17-12(19-14)11-6-3-7-20-11/h1-8H. The van der Waals surface area contributed by atoms with E-state index in [1.807, 2.05) is 41.8 Å². The van der Waals surface area contributed by atoms with Crippen LogP contribution in [0.2, 0.25) is 0 Å². The summed E-state index contributed by atoms with van der Waals surface area (Å²) < 4.78 is 5.67. The van der Waals surface area contributed by atoms with E-state index >= 15 is 0 Å². The van der Waals surface area contributed by atoms with Crippen LogP contribution in [0.15, 0.2) is 62.8 Å². The predicted molar refractivity (Wildman–Crippen MR) is 81.3 cm³/mol. The van der Waals surface area contributed by atoms with Gasteiger partial charge in [0.05, 0.1) is 10.4 Å². The average molecular weight is 312 g/mol. The Morgan fingerprint density at radius 2 is 1.95 bits per heavy atom. The van der Waals surface area contributed by atoms with Crippen molar-refractivity contribution in [3.05, 3.63) is 48.1 Å². The monoisotopic (exact) mass is 312 g/mol. The van der Waals surface area contributed by atoms with Gasteiger partial charge in [-0.3, -0.25) is 0 Å². The van der Waals surface area contributed by atoms with Gasteiger partial charge in [-0.25, -0.2) is 9.97 Å². The minimum Gasteiger partial charge on any atom is -0.410 e. The fourth-order valence-corrected chi connectivity index (χ4v) is 3.29. The number of hydrogen-bond acceptors (Lipinski definition) is 7. The molecule has 0 spiro atoms. The second-order valence-corrected chi connectivity index (χ2v) is 6.04. The van der Waals surface area contributed by atoms with Crippen molar-refractivity contribution in [1.29, 1.82) is 0 Å². The molecule has 0 saturated carbocycles. The SMILES string of the molecule is c1csc(-c2nnc(Sc3ncnc4ccccc34)o2)c1. The van der Waals surface area contributed by atoms with Crippen molar-refractivity contribution >= 4 is 34.0 Å². The van der Waals surface area contributed by atoms with Crippen molar-refractivity contribution in [3.8, 4) is 10.8 Å². The lowest BCUT2D eigenvalue weighted by molar-refractivity contribution is 0.466. The zero-order chi connectivity index (χ0) is 14.1. The van der Waals surface area contributed by atoms with Crippen LogP contribution >= 0.6 is 23.1 Å². The summed E-state index contributed by atoms with van der Waals surface area (Å²) in [6.07, 6.45) is 1.54. The minimum atomic E-state index is 0.474. The third-order valence-corrected chi connectivity index (χ3v) is 4.54. The molecular weight excluding hydrogens is 304 g/mol. The molecule has 5 nitrogen and oxygen atoms in total. The molecule has 0 aliphatic heterocycles. The molecule has 0 bridgehead atoms. The molecule has 0 radical (unpaired) electrons. The molecule has 0 aliphatic carbocycles. The molecule has 0 aliphatic rings. The van der Waals surface area contributed by atoms with E-state index in [0.717, 1.165) is 20.8 Å². The predicted octanol–water partition coefficient (Wildman–Crippen LogP) is 3.89. The summed E-state index contributed by atoms with van der Waals surface area (Å²) in [6, 6.07) is 11.7. The van der Waals surface area contributed by atoms with Gasteiger partial charge in [-0.05, 0) is 29.3 Å². The highest BCUT2D eigenvalue weighted by Gasteiger charge is 2.13. The average Bonchev–Trinajstić information content (AvgIpc) is 3.18. The molecule has 0 atom stereocenters. The summed E-state index contributed by atoms with van der Waals surface area (Å²) in [5.74, 6) is 0.533. The number of para-hydroxylation sites is 1. The van der Waals surface area contributed by atoms with Gasteiger partial charge in [-0.15, -0.1) is 21.5 Å². The number of aromatic nitrogens is 4. The topological polar surface area (TPSA) is 64.7 Å². The van der Waals surface area contributed by atoms with Crippen LogP contribution in [0.5, 0.6) is 0 Å². The molecule has 3 aromatic heterocycles. The fraction of sp³-hybridized carbons (Fsp3) is 0. The number of nitrogens with zero attached hydrogens (tertiary/aromatic N) is 4. The van der Waals surface area contributed by atoms with Crippen molar-refractivity contribution in [1.82, 2.24) is 20.2 Å². The van der Waals surface area contributed by atoms with Crippen LogP contribution < -0.4 is 0 Å². The van der Waals surface area contributed by atoms with Gasteiger partial charge >= 0.3 is 0 Å². The molecule has 0 saturated heterocycles.